The summed E-state index contributed by atoms with van der Waals surface area (Å²) in [4.78, 5) is 0.756. The molecule has 0 bridgehead atoms. The molecule has 118 valence electrons. The van der Waals surface area contributed by atoms with E-state index in [4.69, 9.17) is 11.6 Å². The number of rotatable bonds is 3. The summed E-state index contributed by atoms with van der Waals surface area (Å²) in [6, 6.07) is 15.6. The molecule has 0 aliphatic rings. The van der Waals surface area contributed by atoms with Crippen molar-refractivity contribution >= 4 is 56.0 Å². The second-order valence-electron chi connectivity index (χ2n) is 5.02. The number of benzene rings is 2. The first-order chi connectivity index (χ1) is 11.7. The fourth-order valence-corrected chi connectivity index (χ4v) is 3.45. The summed E-state index contributed by atoms with van der Waals surface area (Å²) >= 11 is 11.1. The summed E-state index contributed by atoms with van der Waals surface area (Å²) < 4.78 is 2.79. The van der Waals surface area contributed by atoms with Crippen LogP contribution in [0.2, 0.25) is 5.02 Å². The van der Waals surface area contributed by atoms with E-state index in [-0.39, 0.29) is 0 Å². The third-order valence-electron chi connectivity index (χ3n) is 3.42. The van der Waals surface area contributed by atoms with Crippen LogP contribution in [0.5, 0.6) is 0 Å². The predicted molar refractivity (Wildman–Crippen MR) is 102 cm³/mol. The molecule has 0 aliphatic carbocycles. The van der Waals surface area contributed by atoms with Gasteiger partial charge < -0.3 is 0 Å². The molecule has 0 fully saturated rings. The van der Waals surface area contributed by atoms with Crippen LogP contribution in [0.15, 0.2) is 53.0 Å². The summed E-state index contributed by atoms with van der Waals surface area (Å²) in [5.74, 6) is 0.728. The van der Waals surface area contributed by atoms with E-state index in [1.807, 2.05) is 60.7 Å². The highest BCUT2D eigenvalue weighted by atomic mass is 79.9. The Morgan fingerprint density at radius 1 is 1.00 bits per heavy atom. The van der Waals surface area contributed by atoms with Crippen molar-refractivity contribution in [2.45, 2.75) is 0 Å². The number of fused-ring (bicyclic) bond motifs is 1. The second kappa shape index (κ2) is 6.47. The Hall–Kier alpha value is -2.02. The van der Waals surface area contributed by atoms with E-state index in [1.165, 1.54) is 11.3 Å². The van der Waals surface area contributed by atoms with E-state index in [2.05, 4.69) is 31.2 Å². The lowest BCUT2D eigenvalue weighted by Gasteiger charge is -1.97. The van der Waals surface area contributed by atoms with E-state index in [9.17, 15) is 0 Å². The van der Waals surface area contributed by atoms with Crippen LogP contribution in [-0.4, -0.2) is 19.8 Å². The van der Waals surface area contributed by atoms with Crippen molar-refractivity contribution in [1.82, 2.24) is 19.8 Å². The van der Waals surface area contributed by atoms with Crippen LogP contribution in [-0.2, 0) is 0 Å². The summed E-state index contributed by atoms with van der Waals surface area (Å²) in [6.07, 6.45) is 3.89. The Labute approximate surface area is 155 Å². The van der Waals surface area contributed by atoms with E-state index in [1.54, 1.807) is 4.52 Å². The van der Waals surface area contributed by atoms with E-state index in [0.717, 1.165) is 31.4 Å². The van der Waals surface area contributed by atoms with Crippen LogP contribution < -0.4 is 0 Å². The Kier molecular flexibility index (Phi) is 4.18. The highest BCUT2D eigenvalue weighted by Crippen LogP contribution is 2.24. The molecule has 4 aromatic rings. The molecule has 0 unspecified atom stereocenters. The van der Waals surface area contributed by atoms with Gasteiger partial charge in [-0.3, -0.25) is 0 Å². The number of halogens is 2. The third kappa shape index (κ3) is 3.00. The molecule has 7 heteroatoms. The quantitative estimate of drug-likeness (QED) is 0.446. The Balaban J connectivity index is 1.69. The van der Waals surface area contributed by atoms with Gasteiger partial charge in [-0.15, -0.1) is 10.2 Å². The minimum absolute atomic E-state index is 0.715. The van der Waals surface area contributed by atoms with Crippen LogP contribution >= 0.6 is 38.9 Å². The average molecular weight is 418 g/mol. The lowest BCUT2D eigenvalue weighted by Crippen LogP contribution is -1.90. The molecule has 2 aromatic heterocycles. The van der Waals surface area contributed by atoms with E-state index < -0.39 is 0 Å². The maximum absolute atomic E-state index is 6.17. The molecule has 2 aromatic carbocycles. The molecule has 0 saturated heterocycles. The number of nitrogens with zero attached hydrogens (tertiary/aromatic N) is 4. The lowest BCUT2D eigenvalue weighted by molar-refractivity contribution is 0.960. The zero-order valence-electron chi connectivity index (χ0n) is 12.2. The third-order valence-corrected chi connectivity index (χ3v) is 5.16. The molecule has 0 spiro atoms. The van der Waals surface area contributed by atoms with Crippen molar-refractivity contribution in [1.29, 1.82) is 0 Å². The topological polar surface area (TPSA) is 43.1 Å². The van der Waals surface area contributed by atoms with Gasteiger partial charge in [0.2, 0.25) is 4.96 Å². The Morgan fingerprint density at radius 2 is 1.79 bits per heavy atom. The monoisotopic (exact) mass is 416 g/mol. The number of hydrogen-bond acceptors (Lipinski definition) is 4. The largest absolute Gasteiger partial charge is 0.235 e. The minimum atomic E-state index is 0.715. The first kappa shape index (κ1) is 15.5. The first-order valence-corrected chi connectivity index (χ1v) is 9.10. The molecule has 0 saturated carbocycles. The van der Waals surface area contributed by atoms with Crippen LogP contribution in [0.1, 0.15) is 10.6 Å². The molecule has 0 amide bonds. The number of hydrogen-bond donors (Lipinski definition) is 0. The second-order valence-corrected chi connectivity index (χ2v) is 7.33. The molecular formula is C17H10BrClN4S. The normalized spacial score (nSPS) is 11.6. The fraction of sp³-hybridized carbons (Fsp3) is 0. The van der Waals surface area contributed by atoms with Crippen LogP contribution in [0, 0.1) is 0 Å². The van der Waals surface area contributed by atoms with Gasteiger partial charge in [0.25, 0.3) is 0 Å². The summed E-state index contributed by atoms with van der Waals surface area (Å²) in [5, 5.41) is 14.6. The molecule has 4 rings (SSSR count). The Bertz CT molecular complexity index is 1040. The van der Waals surface area contributed by atoms with Crippen LogP contribution in [0.25, 0.3) is 28.5 Å². The number of aromatic nitrogens is 4. The molecular weight excluding hydrogens is 408 g/mol. The van der Waals surface area contributed by atoms with Gasteiger partial charge in [-0.2, -0.15) is 9.61 Å². The predicted octanol–water partition coefficient (Wildman–Crippen LogP) is 5.44. The zero-order valence-corrected chi connectivity index (χ0v) is 15.4. The van der Waals surface area contributed by atoms with Gasteiger partial charge in [0.1, 0.15) is 5.01 Å². The first-order valence-electron chi connectivity index (χ1n) is 7.11. The lowest BCUT2D eigenvalue weighted by atomic mass is 10.2. The molecule has 0 atom stereocenters. The van der Waals surface area contributed by atoms with Gasteiger partial charge in [0.15, 0.2) is 5.82 Å². The highest BCUT2D eigenvalue weighted by Gasteiger charge is 2.12. The van der Waals surface area contributed by atoms with Crippen molar-refractivity contribution in [3.8, 4) is 11.4 Å². The molecule has 24 heavy (non-hydrogen) atoms. The van der Waals surface area contributed by atoms with E-state index >= 15 is 0 Å². The highest BCUT2D eigenvalue weighted by molar-refractivity contribution is 9.10. The van der Waals surface area contributed by atoms with Crippen LogP contribution in [0.4, 0.5) is 0 Å². The van der Waals surface area contributed by atoms with Crippen molar-refractivity contribution in [3.63, 3.8) is 0 Å². The summed E-state index contributed by atoms with van der Waals surface area (Å²) in [5.41, 5.74) is 1.93. The SMILES string of the molecule is Clc1ccccc1/C=C/c1nn2c(-c3ccc(Br)cc3)nnc2s1. The van der Waals surface area contributed by atoms with Crippen molar-refractivity contribution in [2.75, 3.05) is 0 Å². The fourth-order valence-electron chi connectivity index (χ4n) is 2.25. The minimum Gasteiger partial charge on any atom is -0.182 e. The standard InChI is InChI=1S/C17H10BrClN4S/c18-13-8-5-12(6-9-13)16-20-21-17-23(16)22-15(24-17)10-7-11-3-1-2-4-14(11)19/h1-10H/b10-7+. The van der Waals surface area contributed by atoms with Crippen molar-refractivity contribution in [2.24, 2.45) is 0 Å². The van der Waals surface area contributed by atoms with Gasteiger partial charge in [0, 0.05) is 15.1 Å². The maximum Gasteiger partial charge on any atom is 0.235 e. The average Bonchev–Trinajstić information content (AvgIpc) is 3.15. The van der Waals surface area contributed by atoms with Gasteiger partial charge in [0.05, 0.1) is 0 Å². The molecule has 0 aliphatic heterocycles. The van der Waals surface area contributed by atoms with Crippen molar-refractivity contribution < 1.29 is 0 Å². The van der Waals surface area contributed by atoms with Gasteiger partial charge in [-0.05, 0) is 29.8 Å². The van der Waals surface area contributed by atoms with Gasteiger partial charge >= 0.3 is 0 Å². The molecule has 0 N–H and O–H groups in total. The molecule has 0 radical (unpaired) electrons. The molecule has 4 nitrogen and oxygen atoms in total. The van der Waals surface area contributed by atoms with Gasteiger partial charge in [-0.25, -0.2) is 0 Å². The van der Waals surface area contributed by atoms with E-state index in [0.29, 0.717) is 5.02 Å². The van der Waals surface area contributed by atoms with Crippen molar-refractivity contribution in [3.05, 3.63) is 68.6 Å². The summed E-state index contributed by atoms with van der Waals surface area (Å²) in [6.45, 7) is 0. The zero-order chi connectivity index (χ0) is 16.5. The van der Waals surface area contributed by atoms with Crippen LogP contribution in [0.3, 0.4) is 0 Å². The smallest absolute Gasteiger partial charge is 0.182 e. The Morgan fingerprint density at radius 3 is 2.58 bits per heavy atom. The molecule has 2 heterocycles. The maximum atomic E-state index is 6.17. The summed E-state index contributed by atoms with van der Waals surface area (Å²) in [7, 11) is 0. The van der Waals surface area contributed by atoms with Gasteiger partial charge in [-0.1, -0.05) is 75.3 Å².